The summed E-state index contributed by atoms with van der Waals surface area (Å²) in [4.78, 5) is 25.4. The van der Waals surface area contributed by atoms with E-state index in [0.29, 0.717) is 13.0 Å². The predicted octanol–water partition coefficient (Wildman–Crippen LogP) is 2.18. The number of nitrogens with one attached hydrogen (secondary N) is 1. The molecule has 0 aromatic heterocycles. The van der Waals surface area contributed by atoms with Gasteiger partial charge in [0.05, 0.1) is 6.61 Å². The molecule has 1 heterocycles. The van der Waals surface area contributed by atoms with E-state index in [9.17, 15) is 23.5 Å². The average molecular weight is 347 g/mol. The lowest BCUT2D eigenvalue weighted by Gasteiger charge is -2.38. The van der Waals surface area contributed by atoms with E-state index >= 15 is 0 Å². The van der Waals surface area contributed by atoms with Crippen molar-refractivity contribution in [3.8, 4) is 0 Å². The van der Waals surface area contributed by atoms with Gasteiger partial charge in [-0.1, -0.05) is 18.5 Å². The number of rotatable bonds is 2. The van der Waals surface area contributed by atoms with Gasteiger partial charge in [0.15, 0.2) is 11.6 Å². The lowest BCUT2D eigenvalue weighted by molar-refractivity contribution is -0.145. The molecule has 0 saturated carbocycles. The molecule has 1 aromatic carbocycles. The maximum atomic E-state index is 13.7. The molecule has 2 N–H and O–H groups in total. The zero-order chi connectivity index (χ0) is 17.2. The second kappa shape index (κ2) is 6.80. The van der Waals surface area contributed by atoms with Crippen molar-refractivity contribution in [1.29, 1.82) is 0 Å². The number of carbonyl (C=O) groups is 2. The number of halogens is 3. The topological polar surface area (TPSA) is 69.6 Å². The van der Waals surface area contributed by atoms with Crippen LogP contribution >= 0.6 is 11.6 Å². The Balaban J connectivity index is 2.10. The normalized spacial score (nSPS) is 21.2. The number of hydrogen-bond donors (Lipinski definition) is 2. The summed E-state index contributed by atoms with van der Waals surface area (Å²) >= 11 is 5.50. The Labute approximate surface area is 137 Å². The van der Waals surface area contributed by atoms with Gasteiger partial charge in [-0.2, -0.15) is 0 Å². The largest absolute Gasteiger partial charge is 0.396 e. The molecule has 23 heavy (non-hydrogen) atoms. The number of anilines is 1. The monoisotopic (exact) mass is 346 g/mol. The zero-order valence-corrected chi connectivity index (χ0v) is 13.3. The standard InChI is InChI=1S/C15H17ClF2N2O3/c1-15(8-21)3-2-4-20(7-15)14(23)13(22)19-12-10(17)5-9(16)6-11(12)18/h5-6,21H,2-4,7-8H2,1H3,(H,19,22). The summed E-state index contributed by atoms with van der Waals surface area (Å²) in [6.07, 6.45) is 1.37. The van der Waals surface area contributed by atoms with Crippen molar-refractivity contribution in [1.82, 2.24) is 4.90 Å². The van der Waals surface area contributed by atoms with Gasteiger partial charge in [0.2, 0.25) is 0 Å². The number of benzene rings is 1. The first-order chi connectivity index (χ1) is 10.8. The molecule has 2 amide bonds. The van der Waals surface area contributed by atoms with Crippen LogP contribution in [0.2, 0.25) is 5.02 Å². The molecule has 2 rings (SSSR count). The van der Waals surface area contributed by atoms with Crippen LogP contribution in [0.1, 0.15) is 19.8 Å². The Bertz CT molecular complexity index is 618. The fourth-order valence-electron chi connectivity index (χ4n) is 2.59. The highest BCUT2D eigenvalue weighted by Gasteiger charge is 2.35. The van der Waals surface area contributed by atoms with Crippen LogP contribution in [-0.2, 0) is 9.59 Å². The van der Waals surface area contributed by atoms with Crippen molar-refractivity contribution in [3.05, 3.63) is 28.8 Å². The van der Waals surface area contributed by atoms with Gasteiger partial charge in [0, 0.05) is 23.5 Å². The smallest absolute Gasteiger partial charge is 0.314 e. The lowest BCUT2D eigenvalue weighted by atomic mass is 9.83. The van der Waals surface area contributed by atoms with E-state index < -0.39 is 34.6 Å². The number of nitrogens with zero attached hydrogens (tertiary/aromatic N) is 1. The number of aliphatic hydroxyl groups is 1. The van der Waals surface area contributed by atoms with E-state index in [0.717, 1.165) is 18.6 Å². The molecule has 0 radical (unpaired) electrons. The third-order valence-electron chi connectivity index (χ3n) is 3.89. The third-order valence-corrected chi connectivity index (χ3v) is 4.11. The van der Waals surface area contributed by atoms with Gasteiger partial charge >= 0.3 is 11.8 Å². The Morgan fingerprint density at radius 1 is 1.39 bits per heavy atom. The molecule has 1 fully saturated rings. The van der Waals surface area contributed by atoms with E-state index in [1.54, 1.807) is 0 Å². The van der Waals surface area contributed by atoms with Gasteiger partial charge < -0.3 is 15.3 Å². The first-order valence-corrected chi connectivity index (χ1v) is 7.49. The van der Waals surface area contributed by atoms with Crippen LogP contribution < -0.4 is 5.32 Å². The third kappa shape index (κ3) is 3.97. The fraction of sp³-hybridized carbons (Fsp3) is 0.467. The predicted molar refractivity (Wildman–Crippen MR) is 81.0 cm³/mol. The number of aliphatic hydroxyl groups excluding tert-OH is 1. The van der Waals surface area contributed by atoms with E-state index in [1.165, 1.54) is 4.90 Å². The molecule has 0 spiro atoms. The Hall–Kier alpha value is -1.73. The van der Waals surface area contributed by atoms with E-state index in [4.69, 9.17) is 11.6 Å². The molecule has 5 nitrogen and oxygen atoms in total. The molecule has 126 valence electrons. The van der Waals surface area contributed by atoms with Crippen molar-refractivity contribution in [2.24, 2.45) is 5.41 Å². The summed E-state index contributed by atoms with van der Waals surface area (Å²) in [5, 5.41) is 11.2. The Morgan fingerprint density at radius 2 is 2.00 bits per heavy atom. The average Bonchev–Trinajstić information content (AvgIpc) is 2.50. The molecule has 1 aliphatic rings. The number of hydrogen-bond acceptors (Lipinski definition) is 3. The summed E-state index contributed by atoms with van der Waals surface area (Å²) in [6.45, 7) is 2.26. The fourth-order valence-corrected chi connectivity index (χ4v) is 2.78. The molecule has 1 saturated heterocycles. The van der Waals surface area contributed by atoms with Gasteiger partial charge in [0.1, 0.15) is 5.69 Å². The minimum Gasteiger partial charge on any atom is -0.396 e. The molecule has 0 aliphatic carbocycles. The Morgan fingerprint density at radius 3 is 2.57 bits per heavy atom. The Kier molecular flexibility index (Phi) is 5.21. The molecule has 1 aliphatic heterocycles. The van der Waals surface area contributed by atoms with Gasteiger partial charge in [-0.05, 0) is 25.0 Å². The van der Waals surface area contributed by atoms with Crippen molar-refractivity contribution in [3.63, 3.8) is 0 Å². The summed E-state index contributed by atoms with van der Waals surface area (Å²) in [5.74, 6) is -4.14. The van der Waals surface area contributed by atoms with Crippen LogP contribution in [0.5, 0.6) is 0 Å². The number of likely N-dealkylation sites (tertiary alicyclic amines) is 1. The van der Waals surface area contributed by atoms with Crippen LogP contribution in [0.15, 0.2) is 12.1 Å². The minimum absolute atomic E-state index is 0.112. The highest BCUT2D eigenvalue weighted by Crippen LogP contribution is 2.29. The van der Waals surface area contributed by atoms with Crippen LogP contribution in [0.3, 0.4) is 0 Å². The van der Waals surface area contributed by atoms with E-state index in [-0.39, 0.29) is 18.2 Å². The van der Waals surface area contributed by atoms with Crippen LogP contribution in [0.4, 0.5) is 14.5 Å². The summed E-state index contributed by atoms with van der Waals surface area (Å²) in [7, 11) is 0. The summed E-state index contributed by atoms with van der Waals surface area (Å²) < 4.78 is 27.3. The summed E-state index contributed by atoms with van der Waals surface area (Å²) in [6, 6.07) is 1.68. The number of carbonyl (C=O) groups excluding carboxylic acids is 2. The molecular weight excluding hydrogens is 330 g/mol. The molecule has 1 atom stereocenters. The van der Waals surface area contributed by atoms with E-state index in [2.05, 4.69) is 0 Å². The molecule has 1 aromatic rings. The zero-order valence-electron chi connectivity index (χ0n) is 12.5. The number of amides is 2. The van der Waals surface area contributed by atoms with Crippen LogP contribution in [0.25, 0.3) is 0 Å². The minimum atomic E-state index is -1.13. The van der Waals surface area contributed by atoms with Gasteiger partial charge in [-0.25, -0.2) is 8.78 Å². The summed E-state index contributed by atoms with van der Waals surface area (Å²) in [5.41, 5.74) is -1.19. The maximum absolute atomic E-state index is 13.7. The molecule has 0 bridgehead atoms. The van der Waals surface area contributed by atoms with E-state index in [1.807, 2.05) is 12.2 Å². The second-order valence-electron chi connectivity index (χ2n) is 6.00. The van der Waals surface area contributed by atoms with Gasteiger partial charge in [-0.3, -0.25) is 9.59 Å². The van der Waals surface area contributed by atoms with Crippen LogP contribution in [-0.4, -0.2) is 41.5 Å². The second-order valence-corrected chi connectivity index (χ2v) is 6.43. The van der Waals surface area contributed by atoms with Gasteiger partial charge in [0.25, 0.3) is 0 Å². The van der Waals surface area contributed by atoms with Crippen LogP contribution in [0, 0.1) is 17.0 Å². The SMILES string of the molecule is CC1(CO)CCCN(C(=O)C(=O)Nc2c(F)cc(Cl)cc2F)C1. The molecule has 1 unspecified atom stereocenters. The highest BCUT2D eigenvalue weighted by molar-refractivity contribution is 6.39. The highest BCUT2D eigenvalue weighted by atomic mass is 35.5. The molecule has 8 heteroatoms. The molecular formula is C15H17ClF2N2O3. The maximum Gasteiger partial charge on any atom is 0.314 e. The quantitative estimate of drug-likeness (QED) is 0.806. The van der Waals surface area contributed by atoms with Crippen molar-refractivity contribution in [2.75, 3.05) is 25.0 Å². The van der Waals surface area contributed by atoms with Crippen molar-refractivity contribution in [2.45, 2.75) is 19.8 Å². The first-order valence-electron chi connectivity index (χ1n) is 7.11. The van der Waals surface area contributed by atoms with Gasteiger partial charge in [-0.15, -0.1) is 0 Å². The van der Waals surface area contributed by atoms with Crippen molar-refractivity contribution >= 4 is 29.1 Å². The number of piperidine rings is 1. The lowest BCUT2D eigenvalue weighted by Crippen LogP contribution is -2.49. The first kappa shape index (κ1) is 17.6. The van der Waals surface area contributed by atoms with Crippen molar-refractivity contribution < 1.29 is 23.5 Å².